The summed E-state index contributed by atoms with van der Waals surface area (Å²) < 4.78 is 4.55. The normalized spacial score (nSPS) is 13.4. The second-order valence-electron chi connectivity index (χ2n) is 4.38. The maximum atomic E-state index is 11.5. The summed E-state index contributed by atoms with van der Waals surface area (Å²) in [5.41, 5.74) is 0.236. The van der Waals surface area contributed by atoms with E-state index in [1.165, 1.54) is 26.3 Å². The van der Waals surface area contributed by atoms with Crippen molar-refractivity contribution < 1.29 is 24.5 Å². The zero-order valence-electron chi connectivity index (χ0n) is 11.7. The molecule has 7 nitrogen and oxygen atoms in total. The molecule has 0 saturated heterocycles. The van der Waals surface area contributed by atoms with E-state index in [2.05, 4.69) is 15.0 Å². The van der Waals surface area contributed by atoms with Crippen molar-refractivity contribution in [2.75, 3.05) is 13.7 Å². The van der Waals surface area contributed by atoms with Crippen molar-refractivity contribution in [2.24, 2.45) is 0 Å². The van der Waals surface area contributed by atoms with Crippen LogP contribution < -0.4 is 5.32 Å². The lowest BCUT2D eigenvalue weighted by Gasteiger charge is -2.18. The highest BCUT2D eigenvalue weighted by Gasteiger charge is 2.21. The number of nitrogens with one attached hydrogen (secondary N) is 1. The van der Waals surface area contributed by atoms with Gasteiger partial charge in [0.1, 0.15) is 11.3 Å². The summed E-state index contributed by atoms with van der Waals surface area (Å²) in [5.74, 6) is -0.910. The highest BCUT2D eigenvalue weighted by atomic mass is 35.5. The molecule has 1 aromatic heterocycles. The van der Waals surface area contributed by atoms with E-state index < -0.39 is 18.2 Å². The van der Waals surface area contributed by atoms with Crippen molar-refractivity contribution in [1.29, 1.82) is 0 Å². The van der Waals surface area contributed by atoms with E-state index in [1.807, 2.05) is 0 Å². The molecule has 0 radical (unpaired) electrons. The Bertz CT molecular complexity index is 523. The summed E-state index contributed by atoms with van der Waals surface area (Å²) >= 11 is 5.77. The zero-order valence-corrected chi connectivity index (χ0v) is 12.4. The number of esters is 1. The molecule has 0 spiro atoms. The van der Waals surface area contributed by atoms with Crippen molar-refractivity contribution in [3.05, 3.63) is 28.5 Å². The largest absolute Gasteiger partial charge is 0.465 e. The van der Waals surface area contributed by atoms with Crippen LogP contribution in [0.4, 0.5) is 0 Å². The summed E-state index contributed by atoms with van der Waals surface area (Å²) in [7, 11) is 1.20. The number of hydrogen-bond donors (Lipinski definition) is 3. The number of halogens is 1. The molecule has 0 aromatic carbocycles. The van der Waals surface area contributed by atoms with Gasteiger partial charge in [0.25, 0.3) is 0 Å². The second-order valence-corrected chi connectivity index (χ2v) is 4.74. The molecule has 116 valence electrons. The smallest absolute Gasteiger partial charge is 0.341 e. The van der Waals surface area contributed by atoms with Crippen LogP contribution in [0.2, 0.25) is 5.15 Å². The van der Waals surface area contributed by atoms with Gasteiger partial charge in [-0.05, 0) is 12.5 Å². The van der Waals surface area contributed by atoms with Gasteiger partial charge in [0.15, 0.2) is 0 Å². The molecule has 0 aliphatic heterocycles. The Morgan fingerprint density at radius 1 is 1.48 bits per heavy atom. The number of ether oxygens (including phenoxy) is 1. The van der Waals surface area contributed by atoms with Gasteiger partial charge in [-0.2, -0.15) is 0 Å². The van der Waals surface area contributed by atoms with Crippen LogP contribution in [0, 0.1) is 0 Å². The molecule has 0 fully saturated rings. The van der Waals surface area contributed by atoms with Gasteiger partial charge in [-0.25, -0.2) is 9.78 Å². The van der Waals surface area contributed by atoms with Gasteiger partial charge in [0, 0.05) is 25.2 Å². The average molecular weight is 317 g/mol. The molecule has 2 atom stereocenters. The Labute approximate surface area is 126 Å². The van der Waals surface area contributed by atoms with E-state index in [9.17, 15) is 19.8 Å². The number of aromatic nitrogens is 1. The van der Waals surface area contributed by atoms with Gasteiger partial charge in [-0.3, -0.25) is 4.79 Å². The van der Waals surface area contributed by atoms with Crippen molar-refractivity contribution >= 4 is 23.5 Å². The number of amides is 1. The van der Waals surface area contributed by atoms with Crippen LogP contribution in [0.25, 0.3) is 0 Å². The maximum Gasteiger partial charge on any atom is 0.341 e. The number of aliphatic hydroxyl groups is 2. The van der Waals surface area contributed by atoms with E-state index in [1.54, 1.807) is 0 Å². The number of carbonyl (C=O) groups is 2. The molecule has 1 aromatic rings. The van der Waals surface area contributed by atoms with Gasteiger partial charge in [-0.15, -0.1) is 0 Å². The minimum atomic E-state index is -1.26. The topological polar surface area (TPSA) is 109 Å². The van der Waals surface area contributed by atoms with Crippen molar-refractivity contribution in [3.63, 3.8) is 0 Å². The molecule has 8 heteroatoms. The predicted octanol–water partition coefficient (Wildman–Crippen LogP) is 0.442. The number of pyridine rings is 1. The minimum Gasteiger partial charge on any atom is -0.465 e. The van der Waals surface area contributed by atoms with Crippen molar-refractivity contribution in [1.82, 2.24) is 10.3 Å². The third-order valence-corrected chi connectivity index (χ3v) is 3.09. The standard InChI is InChI=1S/C13H17ClN2O5/c1-7(17)15-4-3-10(18)11(19)8-5-9(13(20)21-2)12(14)16-6-8/h5-6,10-11,18-19H,3-4H2,1-2H3,(H,15,17). The zero-order chi connectivity index (χ0) is 16.0. The highest BCUT2D eigenvalue weighted by Crippen LogP contribution is 2.23. The molecule has 2 unspecified atom stereocenters. The Kier molecular flexibility index (Phi) is 6.54. The van der Waals surface area contributed by atoms with Crippen LogP contribution in [0.5, 0.6) is 0 Å². The Morgan fingerprint density at radius 3 is 2.71 bits per heavy atom. The first-order valence-electron chi connectivity index (χ1n) is 6.21. The Morgan fingerprint density at radius 2 is 2.14 bits per heavy atom. The molecule has 1 amide bonds. The van der Waals surface area contributed by atoms with Crippen LogP contribution >= 0.6 is 11.6 Å². The molecule has 1 heterocycles. The van der Waals surface area contributed by atoms with Gasteiger partial charge in [0.2, 0.25) is 5.91 Å². The van der Waals surface area contributed by atoms with E-state index >= 15 is 0 Å². The van der Waals surface area contributed by atoms with Crippen molar-refractivity contribution in [3.8, 4) is 0 Å². The first-order chi connectivity index (χ1) is 9.86. The molecule has 1 rings (SSSR count). The monoisotopic (exact) mass is 316 g/mol. The lowest BCUT2D eigenvalue weighted by atomic mass is 10.0. The number of methoxy groups -OCH3 is 1. The van der Waals surface area contributed by atoms with Crippen LogP contribution in [-0.4, -0.2) is 46.8 Å². The predicted molar refractivity (Wildman–Crippen MR) is 74.9 cm³/mol. The molecule has 21 heavy (non-hydrogen) atoms. The lowest BCUT2D eigenvalue weighted by molar-refractivity contribution is -0.119. The third kappa shape index (κ3) is 4.96. The van der Waals surface area contributed by atoms with Crippen LogP contribution in [0.15, 0.2) is 12.3 Å². The fraction of sp³-hybridized carbons (Fsp3) is 0.462. The number of carbonyl (C=O) groups excluding carboxylic acids is 2. The van der Waals surface area contributed by atoms with E-state index in [0.717, 1.165) is 0 Å². The molecule has 0 aliphatic carbocycles. The SMILES string of the molecule is COC(=O)c1cc(C(O)C(O)CCNC(C)=O)cnc1Cl. The molecule has 0 saturated carbocycles. The summed E-state index contributed by atoms with van der Waals surface area (Å²) in [5, 5.41) is 22.3. The summed E-state index contributed by atoms with van der Waals surface area (Å²) in [6, 6.07) is 1.31. The quantitative estimate of drug-likeness (QED) is 0.519. The number of nitrogens with zero attached hydrogens (tertiary/aromatic N) is 1. The van der Waals surface area contributed by atoms with E-state index in [0.29, 0.717) is 0 Å². The average Bonchev–Trinajstić information content (AvgIpc) is 2.45. The number of aliphatic hydroxyl groups excluding tert-OH is 2. The van der Waals surface area contributed by atoms with E-state index in [-0.39, 0.29) is 35.2 Å². The summed E-state index contributed by atoms with van der Waals surface area (Å²) in [6.07, 6.45) is -0.963. The van der Waals surface area contributed by atoms with Gasteiger partial charge < -0.3 is 20.3 Å². The maximum absolute atomic E-state index is 11.5. The molecular formula is C13H17ClN2O5. The van der Waals surface area contributed by atoms with Crippen LogP contribution in [0.3, 0.4) is 0 Å². The molecular weight excluding hydrogens is 300 g/mol. The fourth-order valence-electron chi connectivity index (χ4n) is 1.66. The lowest BCUT2D eigenvalue weighted by Crippen LogP contribution is -2.27. The van der Waals surface area contributed by atoms with Crippen LogP contribution in [-0.2, 0) is 9.53 Å². The van der Waals surface area contributed by atoms with E-state index in [4.69, 9.17) is 11.6 Å². The Balaban J connectivity index is 2.79. The van der Waals surface area contributed by atoms with Crippen LogP contribution in [0.1, 0.15) is 35.4 Å². The summed E-state index contributed by atoms with van der Waals surface area (Å²) in [6.45, 7) is 1.58. The second kappa shape index (κ2) is 7.92. The van der Waals surface area contributed by atoms with Gasteiger partial charge in [-0.1, -0.05) is 11.6 Å². The summed E-state index contributed by atoms with van der Waals surface area (Å²) in [4.78, 5) is 26.0. The van der Waals surface area contributed by atoms with Crippen molar-refractivity contribution in [2.45, 2.75) is 25.6 Å². The number of hydrogen-bond acceptors (Lipinski definition) is 6. The highest BCUT2D eigenvalue weighted by molar-refractivity contribution is 6.32. The van der Waals surface area contributed by atoms with Gasteiger partial charge >= 0.3 is 5.97 Å². The van der Waals surface area contributed by atoms with Gasteiger partial charge in [0.05, 0.1) is 18.8 Å². The minimum absolute atomic E-state index is 0.00442. The molecule has 3 N–H and O–H groups in total. The first kappa shape index (κ1) is 17.4. The Hall–Kier alpha value is -1.70. The molecule has 0 bridgehead atoms. The fourth-order valence-corrected chi connectivity index (χ4v) is 1.84. The number of rotatable bonds is 6. The first-order valence-corrected chi connectivity index (χ1v) is 6.59. The molecule has 0 aliphatic rings. The third-order valence-electron chi connectivity index (χ3n) is 2.79.